The lowest BCUT2D eigenvalue weighted by Crippen LogP contribution is -2.39. The van der Waals surface area contributed by atoms with E-state index in [1.54, 1.807) is 0 Å². The van der Waals surface area contributed by atoms with Crippen molar-refractivity contribution in [2.24, 2.45) is 4.99 Å². The van der Waals surface area contributed by atoms with Crippen molar-refractivity contribution in [1.82, 2.24) is 20.6 Å². The van der Waals surface area contributed by atoms with Gasteiger partial charge in [0.15, 0.2) is 5.96 Å². The number of aromatic nitrogens is 2. The molecular weight excluding hydrogens is 338 g/mol. The Morgan fingerprint density at radius 3 is 2.70 bits per heavy atom. The van der Waals surface area contributed by atoms with Crippen molar-refractivity contribution in [2.45, 2.75) is 19.8 Å². The third kappa shape index (κ3) is 6.02. The van der Waals surface area contributed by atoms with Gasteiger partial charge in [0.1, 0.15) is 18.2 Å². The van der Waals surface area contributed by atoms with Crippen LogP contribution < -0.4 is 15.4 Å². The van der Waals surface area contributed by atoms with Crippen LogP contribution >= 0.6 is 0 Å². The Kier molecular flexibility index (Phi) is 7.09. The number of aryl methyl sites for hydroxylation is 1. The van der Waals surface area contributed by atoms with Crippen LogP contribution in [0.4, 0.5) is 0 Å². The molecule has 3 N–H and O–H groups in total. The smallest absolute Gasteiger partial charge is 0.191 e. The summed E-state index contributed by atoms with van der Waals surface area (Å²) in [6.07, 6.45) is 1.83. The molecule has 6 heteroatoms. The van der Waals surface area contributed by atoms with Gasteiger partial charge in [0.25, 0.3) is 0 Å². The highest BCUT2D eigenvalue weighted by Gasteiger charge is 2.02. The van der Waals surface area contributed by atoms with Crippen LogP contribution in [0.5, 0.6) is 5.75 Å². The average Bonchev–Trinajstić information content (AvgIpc) is 3.12. The highest BCUT2D eigenvalue weighted by molar-refractivity contribution is 5.79. The quantitative estimate of drug-likeness (QED) is 0.309. The van der Waals surface area contributed by atoms with E-state index in [2.05, 4.69) is 38.6 Å². The van der Waals surface area contributed by atoms with Crippen LogP contribution in [-0.2, 0) is 6.42 Å². The molecule has 3 aromatic rings. The fourth-order valence-electron chi connectivity index (χ4n) is 2.76. The van der Waals surface area contributed by atoms with Crippen molar-refractivity contribution in [1.29, 1.82) is 0 Å². The van der Waals surface area contributed by atoms with Gasteiger partial charge in [-0.25, -0.2) is 4.98 Å². The second-order valence-electron chi connectivity index (χ2n) is 6.15. The second-order valence-corrected chi connectivity index (χ2v) is 6.15. The maximum Gasteiger partial charge on any atom is 0.191 e. The van der Waals surface area contributed by atoms with Gasteiger partial charge in [-0.1, -0.05) is 30.3 Å². The van der Waals surface area contributed by atoms with E-state index in [4.69, 9.17) is 4.74 Å². The summed E-state index contributed by atoms with van der Waals surface area (Å²) in [6.45, 7) is 4.92. The summed E-state index contributed by atoms with van der Waals surface area (Å²) >= 11 is 0. The molecule has 0 radical (unpaired) electrons. The highest BCUT2D eigenvalue weighted by atomic mass is 16.5. The van der Waals surface area contributed by atoms with Gasteiger partial charge in [-0.05, 0) is 37.6 Å². The third-order valence-corrected chi connectivity index (χ3v) is 4.03. The molecule has 0 spiro atoms. The van der Waals surface area contributed by atoms with E-state index >= 15 is 0 Å². The molecule has 2 aromatic carbocycles. The van der Waals surface area contributed by atoms with Gasteiger partial charge in [-0.3, -0.25) is 4.99 Å². The molecule has 142 valence electrons. The van der Waals surface area contributed by atoms with Crippen LogP contribution in [0.1, 0.15) is 19.2 Å². The number of guanidine groups is 1. The molecule has 0 atom stereocenters. The number of para-hydroxylation sites is 3. The molecule has 0 fully saturated rings. The highest BCUT2D eigenvalue weighted by Crippen LogP contribution is 2.11. The molecule has 0 aliphatic carbocycles. The maximum atomic E-state index is 5.69. The monoisotopic (exact) mass is 365 g/mol. The molecule has 0 aliphatic heterocycles. The number of nitrogens with one attached hydrogen (secondary N) is 3. The van der Waals surface area contributed by atoms with Crippen LogP contribution in [-0.4, -0.2) is 42.2 Å². The van der Waals surface area contributed by atoms with Gasteiger partial charge in [0, 0.05) is 19.5 Å². The van der Waals surface area contributed by atoms with Crippen molar-refractivity contribution in [3.63, 3.8) is 0 Å². The lowest BCUT2D eigenvalue weighted by atomic mass is 10.3. The lowest BCUT2D eigenvalue weighted by molar-refractivity contribution is 0.322. The first-order valence-corrected chi connectivity index (χ1v) is 9.49. The van der Waals surface area contributed by atoms with E-state index in [1.165, 1.54) is 0 Å². The first-order chi connectivity index (χ1) is 13.3. The number of nitrogens with zero attached hydrogens (tertiary/aromatic N) is 2. The number of rotatable bonds is 9. The van der Waals surface area contributed by atoms with Crippen LogP contribution in [0, 0.1) is 0 Å². The summed E-state index contributed by atoms with van der Waals surface area (Å²) in [5.41, 5.74) is 2.11. The van der Waals surface area contributed by atoms with Crippen molar-refractivity contribution in [2.75, 3.05) is 26.2 Å². The molecule has 3 rings (SSSR count). The summed E-state index contributed by atoms with van der Waals surface area (Å²) < 4.78 is 5.69. The normalized spacial score (nSPS) is 11.5. The molecule has 0 aliphatic rings. The Morgan fingerprint density at radius 1 is 1.07 bits per heavy atom. The summed E-state index contributed by atoms with van der Waals surface area (Å²) in [7, 11) is 0. The predicted octanol–water partition coefficient (Wildman–Crippen LogP) is 3.13. The van der Waals surface area contributed by atoms with Crippen LogP contribution in [0.3, 0.4) is 0 Å². The van der Waals surface area contributed by atoms with Gasteiger partial charge in [0.2, 0.25) is 0 Å². The first-order valence-electron chi connectivity index (χ1n) is 9.49. The van der Waals surface area contributed by atoms with E-state index in [0.29, 0.717) is 13.2 Å². The molecule has 1 aromatic heterocycles. The zero-order valence-electron chi connectivity index (χ0n) is 15.7. The zero-order valence-corrected chi connectivity index (χ0v) is 15.7. The van der Waals surface area contributed by atoms with Crippen LogP contribution in [0.15, 0.2) is 59.6 Å². The molecule has 0 unspecified atom stereocenters. The molecule has 0 amide bonds. The number of ether oxygens (including phenoxy) is 1. The largest absolute Gasteiger partial charge is 0.492 e. The van der Waals surface area contributed by atoms with E-state index in [-0.39, 0.29) is 0 Å². The average molecular weight is 365 g/mol. The lowest BCUT2D eigenvalue weighted by Gasteiger charge is -2.12. The van der Waals surface area contributed by atoms with Gasteiger partial charge in [-0.2, -0.15) is 0 Å². The number of benzene rings is 2. The number of hydrogen-bond acceptors (Lipinski definition) is 3. The van der Waals surface area contributed by atoms with E-state index in [9.17, 15) is 0 Å². The SMILES string of the molecule is CCNC(=NCCCc1nc2ccccc2[nH]1)NCCOc1ccccc1. The minimum absolute atomic E-state index is 0.591. The molecule has 0 saturated heterocycles. The Labute approximate surface area is 160 Å². The van der Waals surface area contributed by atoms with Crippen molar-refractivity contribution in [3.8, 4) is 5.75 Å². The Balaban J connectivity index is 1.40. The molecule has 0 saturated carbocycles. The predicted molar refractivity (Wildman–Crippen MR) is 110 cm³/mol. The van der Waals surface area contributed by atoms with E-state index in [1.807, 2.05) is 48.5 Å². The number of H-pyrrole nitrogens is 1. The van der Waals surface area contributed by atoms with Gasteiger partial charge in [0.05, 0.1) is 17.6 Å². The maximum absolute atomic E-state index is 5.69. The third-order valence-electron chi connectivity index (χ3n) is 4.03. The topological polar surface area (TPSA) is 74.3 Å². The number of aliphatic imine (C=N–C) groups is 1. The second kappa shape index (κ2) is 10.2. The van der Waals surface area contributed by atoms with E-state index in [0.717, 1.165) is 54.5 Å². The molecule has 1 heterocycles. The zero-order chi connectivity index (χ0) is 18.7. The van der Waals surface area contributed by atoms with Crippen molar-refractivity contribution < 1.29 is 4.74 Å². The number of aromatic amines is 1. The molecule has 27 heavy (non-hydrogen) atoms. The van der Waals surface area contributed by atoms with Gasteiger partial charge >= 0.3 is 0 Å². The molecule has 0 bridgehead atoms. The molecular formula is C21H27N5O. The van der Waals surface area contributed by atoms with Gasteiger partial charge < -0.3 is 20.4 Å². The Hall–Kier alpha value is -3.02. The summed E-state index contributed by atoms with van der Waals surface area (Å²) in [5.74, 6) is 2.71. The number of hydrogen-bond donors (Lipinski definition) is 3. The summed E-state index contributed by atoms with van der Waals surface area (Å²) in [4.78, 5) is 12.6. The fourth-order valence-corrected chi connectivity index (χ4v) is 2.76. The standard InChI is InChI=1S/C21H27N5O/c1-2-22-21(24-15-16-27-17-9-4-3-5-10-17)23-14-8-13-20-25-18-11-6-7-12-19(18)26-20/h3-7,9-12H,2,8,13-16H2,1H3,(H,25,26)(H2,22,23,24). The minimum Gasteiger partial charge on any atom is -0.492 e. The Morgan fingerprint density at radius 2 is 1.89 bits per heavy atom. The van der Waals surface area contributed by atoms with Gasteiger partial charge in [-0.15, -0.1) is 0 Å². The van der Waals surface area contributed by atoms with Crippen LogP contribution in [0.2, 0.25) is 0 Å². The van der Waals surface area contributed by atoms with Crippen LogP contribution in [0.25, 0.3) is 11.0 Å². The molecule has 6 nitrogen and oxygen atoms in total. The minimum atomic E-state index is 0.591. The van der Waals surface area contributed by atoms with E-state index < -0.39 is 0 Å². The first kappa shape index (κ1) is 18.8. The summed E-state index contributed by atoms with van der Waals surface area (Å²) in [5, 5.41) is 6.56. The van der Waals surface area contributed by atoms with Crippen molar-refractivity contribution >= 4 is 17.0 Å². The number of fused-ring (bicyclic) bond motifs is 1. The van der Waals surface area contributed by atoms with Crippen molar-refractivity contribution in [3.05, 3.63) is 60.4 Å². The summed E-state index contributed by atoms with van der Waals surface area (Å²) in [6, 6.07) is 17.9. The Bertz CT molecular complexity index is 811. The number of imidazole rings is 1. The fraction of sp³-hybridized carbons (Fsp3) is 0.333.